The second-order valence-electron chi connectivity index (χ2n) is 3.02. The minimum absolute atomic E-state index is 0.381. The minimum Gasteiger partial charge on any atom is -0.469 e. The van der Waals surface area contributed by atoms with Crippen LogP contribution in [0.4, 0.5) is 0 Å². The van der Waals surface area contributed by atoms with Gasteiger partial charge in [-0.15, -0.1) is 0 Å². The van der Waals surface area contributed by atoms with E-state index in [1.54, 1.807) is 0 Å². The Morgan fingerprint density at radius 1 is 1.13 bits per heavy atom. The highest BCUT2D eigenvalue weighted by Gasteiger charge is 2.29. The van der Waals surface area contributed by atoms with Crippen LogP contribution >= 0.6 is 0 Å². The molecule has 0 atom stereocenters. The summed E-state index contributed by atoms with van der Waals surface area (Å²) in [4.78, 5) is 0. The highest BCUT2D eigenvalue weighted by molar-refractivity contribution is 6.12. The van der Waals surface area contributed by atoms with Gasteiger partial charge in [0.05, 0.1) is 20.3 Å². The first-order valence-corrected chi connectivity index (χ1v) is 5.42. The van der Waals surface area contributed by atoms with Gasteiger partial charge >= 0.3 is 0 Å². The zero-order chi connectivity index (χ0) is 11.9. The first-order valence-electron chi connectivity index (χ1n) is 4.92. The van der Waals surface area contributed by atoms with Gasteiger partial charge in [-0.05, 0) is 27.7 Å². The van der Waals surface area contributed by atoms with E-state index in [0.717, 1.165) is 5.57 Å². The monoisotopic (exact) mass is 231 g/mol. The molecule has 0 aromatic rings. The first kappa shape index (κ1) is 14.5. The van der Waals surface area contributed by atoms with E-state index in [1.807, 2.05) is 27.7 Å². The molecular weight excluding hydrogens is 212 g/mol. The van der Waals surface area contributed by atoms with Gasteiger partial charge in [0.1, 0.15) is 0 Å². The number of hydrogen-bond donors (Lipinski definition) is 0. The van der Waals surface area contributed by atoms with Gasteiger partial charge < -0.3 is 18.9 Å². The molecule has 0 heterocycles. The van der Waals surface area contributed by atoms with Crippen molar-refractivity contribution in [1.29, 1.82) is 0 Å². The average Bonchev–Trinajstić information content (AvgIpc) is 2.14. The van der Waals surface area contributed by atoms with Crippen molar-refractivity contribution < 1.29 is 18.9 Å². The Balaban J connectivity index is 4.58. The lowest BCUT2D eigenvalue weighted by Crippen LogP contribution is -2.40. The Morgan fingerprint density at radius 2 is 1.60 bits per heavy atom. The van der Waals surface area contributed by atoms with E-state index in [1.165, 1.54) is 7.11 Å². The van der Waals surface area contributed by atoms with E-state index in [0.29, 0.717) is 19.2 Å². The van der Waals surface area contributed by atoms with Gasteiger partial charge in [0.15, 0.2) is 10.2 Å². The van der Waals surface area contributed by atoms with Crippen molar-refractivity contribution in [3.05, 3.63) is 11.5 Å². The standard InChI is InChI=1S/C10H19O4Si/c1-6-12-10(15,13-7-2)14-9(11-5)8(3)4/h6-7H2,1-5H3. The minimum atomic E-state index is -1.27. The van der Waals surface area contributed by atoms with Gasteiger partial charge in [-0.1, -0.05) is 0 Å². The number of ether oxygens (including phenoxy) is 4. The molecule has 0 unspecified atom stereocenters. The lowest BCUT2D eigenvalue weighted by atomic mass is 10.4. The third kappa shape index (κ3) is 5.20. The van der Waals surface area contributed by atoms with Crippen LogP contribution in [0.5, 0.6) is 0 Å². The molecule has 0 fully saturated rings. The predicted octanol–water partition coefficient (Wildman–Crippen LogP) is 1.75. The first-order chi connectivity index (χ1) is 6.99. The number of rotatable bonds is 7. The molecule has 0 aromatic heterocycles. The van der Waals surface area contributed by atoms with Crippen LogP contribution < -0.4 is 0 Å². The maximum Gasteiger partial charge on any atom is 0.292 e. The molecular formula is C10H19O4Si. The van der Waals surface area contributed by atoms with Crippen LogP contribution in [0, 0.1) is 0 Å². The van der Waals surface area contributed by atoms with Crippen molar-refractivity contribution in [2.45, 2.75) is 33.3 Å². The van der Waals surface area contributed by atoms with Crippen LogP contribution in [0.15, 0.2) is 11.5 Å². The molecule has 5 heteroatoms. The molecule has 87 valence electrons. The van der Waals surface area contributed by atoms with Crippen molar-refractivity contribution in [2.75, 3.05) is 20.3 Å². The summed E-state index contributed by atoms with van der Waals surface area (Å²) >= 11 is 0. The maximum absolute atomic E-state index is 5.46. The lowest BCUT2D eigenvalue weighted by molar-refractivity contribution is -0.319. The quantitative estimate of drug-likeness (QED) is 0.380. The molecule has 0 rings (SSSR count). The molecule has 15 heavy (non-hydrogen) atoms. The molecule has 0 saturated carbocycles. The molecule has 0 aliphatic rings. The summed E-state index contributed by atoms with van der Waals surface area (Å²) in [6.45, 7) is 8.39. The zero-order valence-electron chi connectivity index (χ0n) is 10.0. The molecule has 3 radical (unpaired) electrons. The van der Waals surface area contributed by atoms with Crippen molar-refractivity contribution in [3.8, 4) is 0 Å². The Hall–Kier alpha value is -0.523. The molecule has 0 aliphatic heterocycles. The van der Waals surface area contributed by atoms with Gasteiger partial charge in [0.2, 0.25) is 0 Å². The maximum atomic E-state index is 5.46. The number of hydrogen-bond acceptors (Lipinski definition) is 4. The lowest BCUT2D eigenvalue weighted by Gasteiger charge is -2.30. The molecule has 0 bridgehead atoms. The third-order valence-electron chi connectivity index (χ3n) is 1.49. The van der Waals surface area contributed by atoms with Gasteiger partial charge in [-0.25, -0.2) is 0 Å². The fourth-order valence-corrected chi connectivity index (χ4v) is 1.33. The largest absolute Gasteiger partial charge is 0.469 e. The van der Waals surface area contributed by atoms with Crippen molar-refractivity contribution in [2.24, 2.45) is 0 Å². The van der Waals surface area contributed by atoms with Gasteiger partial charge in [-0.2, -0.15) is 0 Å². The van der Waals surface area contributed by atoms with Crippen molar-refractivity contribution >= 4 is 10.2 Å². The van der Waals surface area contributed by atoms with E-state index in [2.05, 4.69) is 10.2 Å². The molecule has 0 amide bonds. The topological polar surface area (TPSA) is 36.9 Å². The summed E-state index contributed by atoms with van der Waals surface area (Å²) in [5.74, 6) is 0.381. The summed E-state index contributed by atoms with van der Waals surface area (Å²) in [6.07, 6.45) is 0. The van der Waals surface area contributed by atoms with Crippen LogP contribution in [0.25, 0.3) is 0 Å². The Labute approximate surface area is 95.0 Å². The Bertz CT molecular complexity index is 205. The molecule has 0 spiro atoms. The Kier molecular flexibility index (Phi) is 6.63. The van der Waals surface area contributed by atoms with E-state index >= 15 is 0 Å². The SMILES string of the molecule is CCOC([Si])(OCC)OC(OC)=C(C)C. The second kappa shape index (κ2) is 6.87. The second-order valence-corrected chi connectivity index (χ2v) is 3.63. The predicted molar refractivity (Wildman–Crippen MR) is 58.2 cm³/mol. The number of methoxy groups -OCH3 is 1. The van der Waals surface area contributed by atoms with E-state index in [4.69, 9.17) is 18.9 Å². The van der Waals surface area contributed by atoms with Gasteiger partial charge in [0.25, 0.3) is 11.5 Å². The third-order valence-corrected chi connectivity index (χ3v) is 1.88. The summed E-state index contributed by atoms with van der Waals surface area (Å²) in [7, 11) is 4.83. The van der Waals surface area contributed by atoms with Crippen molar-refractivity contribution in [1.82, 2.24) is 0 Å². The normalized spacial score (nSPS) is 11.1. The van der Waals surface area contributed by atoms with Crippen molar-refractivity contribution in [3.63, 3.8) is 0 Å². The highest BCUT2D eigenvalue weighted by Crippen LogP contribution is 2.18. The van der Waals surface area contributed by atoms with Crippen LogP contribution in [0.1, 0.15) is 27.7 Å². The summed E-state index contributed by atoms with van der Waals surface area (Å²) in [6, 6.07) is 0. The average molecular weight is 231 g/mol. The molecule has 0 N–H and O–H groups in total. The fourth-order valence-electron chi connectivity index (χ4n) is 0.951. The van der Waals surface area contributed by atoms with Crippen LogP contribution in [0.3, 0.4) is 0 Å². The smallest absolute Gasteiger partial charge is 0.292 e. The molecule has 0 aliphatic carbocycles. The molecule has 0 aromatic carbocycles. The van der Waals surface area contributed by atoms with E-state index < -0.39 is 5.60 Å². The van der Waals surface area contributed by atoms with E-state index in [-0.39, 0.29) is 0 Å². The van der Waals surface area contributed by atoms with Gasteiger partial charge in [0, 0.05) is 5.57 Å². The van der Waals surface area contributed by atoms with Crippen LogP contribution in [0.2, 0.25) is 0 Å². The van der Waals surface area contributed by atoms with E-state index in [9.17, 15) is 0 Å². The summed E-state index contributed by atoms with van der Waals surface area (Å²) in [5, 5.41) is 0. The fraction of sp³-hybridized carbons (Fsp3) is 0.800. The van der Waals surface area contributed by atoms with Crippen LogP contribution in [-0.2, 0) is 18.9 Å². The number of allylic oxidation sites excluding steroid dienone is 1. The van der Waals surface area contributed by atoms with Crippen LogP contribution in [-0.4, -0.2) is 36.2 Å². The summed E-state index contributed by atoms with van der Waals surface area (Å²) < 4.78 is 21.1. The van der Waals surface area contributed by atoms with Gasteiger partial charge in [-0.3, -0.25) is 0 Å². The molecule has 0 saturated heterocycles. The molecule has 4 nitrogen and oxygen atoms in total. The Morgan fingerprint density at radius 3 is 1.87 bits per heavy atom. The summed E-state index contributed by atoms with van der Waals surface area (Å²) in [5.41, 5.74) is -0.369. The zero-order valence-corrected chi connectivity index (χ0v) is 11.0. The highest BCUT2D eigenvalue weighted by atomic mass is 28.1.